The van der Waals surface area contributed by atoms with E-state index in [9.17, 15) is 5.11 Å². The van der Waals surface area contributed by atoms with Crippen molar-refractivity contribution in [2.24, 2.45) is 5.73 Å². The molecule has 3 N–H and O–H groups in total. The summed E-state index contributed by atoms with van der Waals surface area (Å²) in [6.45, 7) is 0.326. The molecule has 0 fully saturated rings. The molecule has 20 heavy (non-hydrogen) atoms. The quantitative estimate of drug-likeness (QED) is 0.825. The average Bonchev–Trinajstić information content (AvgIpc) is 2.40. The molecule has 2 rings (SSSR count). The van der Waals surface area contributed by atoms with Gasteiger partial charge in [-0.25, -0.2) is 0 Å². The Bertz CT molecular complexity index is 569. The average molecular weight is 375 g/mol. The number of aliphatic hydroxyl groups excluding tert-OH is 1. The largest absolute Gasteiger partial charge is 0.388 e. The van der Waals surface area contributed by atoms with E-state index in [0.717, 1.165) is 10.0 Å². The van der Waals surface area contributed by atoms with Crippen LogP contribution in [0.25, 0.3) is 0 Å². The van der Waals surface area contributed by atoms with Crippen LogP contribution in [0.3, 0.4) is 0 Å². The summed E-state index contributed by atoms with van der Waals surface area (Å²) < 4.78 is 0.984. The maximum Gasteiger partial charge on any atom is 0.0871 e. The van der Waals surface area contributed by atoms with Crippen LogP contribution in [0.15, 0.2) is 46.9 Å². The monoisotopic (exact) mass is 373 g/mol. The molecule has 0 radical (unpaired) electrons. The van der Waals surface area contributed by atoms with Crippen molar-refractivity contribution in [2.75, 3.05) is 6.54 Å². The first kappa shape index (κ1) is 15.8. The molecule has 2 aromatic carbocycles. The summed E-state index contributed by atoms with van der Waals surface area (Å²) in [5.74, 6) is -0.211. The fourth-order valence-corrected chi connectivity index (χ4v) is 2.94. The topological polar surface area (TPSA) is 46.2 Å². The molecule has 0 amide bonds. The first-order valence-electron chi connectivity index (χ1n) is 6.11. The number of rotatable bonds is 4. The van der Waals surface area contributed by atoms with Gasteiger partial charge in [-0.05, 0) is 41.5 Å². The van der Waals surface area contributed by atoms with Crippen LogP contribution >= 0.6 is 39.1 Å². The van der Waals surface area contributed by atoms with Crippen molar-refractivity contribution in [1.82, 2.24) is 0 Å². The first-order valence-corrected chi connectivity index (χ1v) is 7.65. The summed E-state index contributed by atoms with van der Waals surface area (Å²) in [5.41, 5.74) is 7.46. The molecule has 2 unspecified atom stereocenters. The number of benzene rings is 2. The number of hydrogen-bond donors (Lipinski definition) is 2. The molecular weight excluding hydrogens is 361 g/mol. The predicted molar refractivity (Wildman–Crippen MR) is 87.4 cm³/mol. The molecule has 0 aliphatic carbocycles. The van der Waals surface area contributed by atoms with Crippen LogP contribution in [0.2, 0.25) is 10.0 Å². The van der Waals surface area contributed by atoms with Gasteiger partial charge in [-0.15, -0.1) is 0 Å². The van der Waals surface area contributed by atoms with E-state index in [1.807, 2.05) is 24.3 Å². The third-order valence-electron chi connectivity index (χ3n) is 3.16. The van der Waals surface area contributed by atoms with Gasteiger partial charge in [0.2, 0.25) is 0 Å². The van der Waals surface area contributed by atoms with E-state index in [1.54, 1.807) is 18.2 Å². The third kappa shape index (κ3) is 3.74. The Morgan fingerprint density at radius 3 is 2.05 bits per heavy atom. The normalized spacial score (nSPS) is 14.1. The van der Waals surface area contributed by atoms with E-state index in [1.165, 1.54) is 0 Å². The smallest absolute Gasteiger partial charge is 0.0871 e. The van der Waals surface area contributed by atoms with E-state index in [-0.39, 0.29) is 5.92 Å². The summed E-state index contributed by atoms with van der Waals surface area (Å²) >= 11 is 15.3. The molecule has 0 spiro atoms. The van der Waals surface area contributed by atoms with Gasteiger partial charge in [-0.3, -0.25) is 0 Å². The minimum Gasteiger partial charge on any atom is -0.388 e. The van der Waals surface area contributed by atoms with Crippen LogP contribution in [-0.2, 0) is 0 Å². The number of aliphatic hydroxyl groups is 1. The highest BCUT2D eigenvalue weighted by Gasteiger charge is 2.22. The fraction of sp³-hybridized carbons (Fsp3) is 0.200. The Labute approximate surface area is 136 Å². The molecule has 0 saturated carbocycles. The lowest BCUT2D eigenvalue weighted by molar-refractivity contribution is 0.147. The van der Waals surface area contributed by atoms with Crippen molar-refractivity contribution in [1.29, 1.82) is 0 Å². The van der Waals surface area contributed by atoms with Crippen molar-refractivity contribution in [3.05, 3.63) is 68.1 Å². The van der Waals surface area contributed by atoms with Gasteiger partial charge in [-0.1, -0.05) is 51.3 Å². The number of hydrogen-bond acceptors (Lipinski definition) is 2. The maximum atomic E-state index is 10.5. The highest BCUT2D eigenvalue weighted by molar-refractivity contribution is 9.10. The SMILES string of the molecule is NCC(c1ccc(Br)cc1)C(O)c1cc(Cl)cc(Cl)c1. The molecule has 2 aromatic rings. The van der Waals surface area contributed by atoms with Gasteiger partial charge in [0.25, 0.3) is 0 Å². The van der Waals surface area contributed by atoms with Crippen LogP contribution in [-0.4, -0.2) is 11.7 Å². The molecule has 106 valence electrons. The van der Waals surface area contributed by atoms with Gasteiger partial charge < -0.3 is 10.8 Å². The van der Waals surface area contributed by atoms with Gasteiger partial charge in [0, 0.05) is 27.0 Å². The first-order chi connectivity index (χ1) is 9.51. The van der Waals surface area contributed by atoms with E-state index >= 15 is 0 Å². The second-order valence-corrected chi connectivity index (χ2v) is 6.33. The molecule has 2 nitrogen and oxygen atoms in total. The second kappa shape index (κ2) is 6.92. The molecule has 5 heteroatoms. The molecule has 2 atom stereocenters. The van der Waals surface area contributed by atoms with Crippen molar-refractivity contribution in [3.8, 4) is 0 Å². The predicted octanol–water partition coefficient (Wildman–Crippen LogP) is 4.53. The van der Waals surface area contributed by atoms with Crippen molar-refractivity contribution in [2.45, 2.75) is 12.0 Å². The van der Waals surface area contributed by atoms with Gasteiger partial charge in [-0.2, -0.15) is 0 Å². The van der Waals surface area contributed by atoms with Crippen LogP contribution in [0.5, 0.6) is 0 Å². The fourth-order valence-electron chi connectivity index (χ4n) is 2.14. The molecule has 0 heterocycles. The lowest BCUT2D eigenvalue weighted by Crippen LogP contribution is -2.20. The maximum absolute atomic E-state index is 10.5. The van der Waals surface area contributed by atoms with E-state index in [2.05, 4.69) is 15.9 Å². The molecule has 0 aliphatic rings. The number of halogens is 3. The van der Waals surface area contributed by atoms with Gasteiger partial charge in [0.05, 0.1) is 6.10 Å². The van der Waals surface area contributed by atoms with Crippen molar-refractivity contribution >= 4 is 39.1 Å². The zero-order valence-electron chi connectivity index (χ0n) is 10.6. The van der Waals surface area contributed by atoms with Crippen molar-refractivity contribution in [3.63, 3.8) is 0 Å². The Balaban J connectivity index is 2.33. The van der Waals surface area contributed by atoms with Gasteiger partial charge in [0.1, 0.15) is 0 Å². The Kier molecular flexibility index (Phi) is 5.47. The van der Waals surface area contributed by atoms with E-state index in [4.69, 9.17) is 28.9 Å². The highest BCUT2D eigenvalue weighted by atomic mass is 79.9. The summed E-state index contributed by atoms with van der Waals surface area (Å²) in [5, 5.41) is 11.5. The highest BCUT2D eigenvalue weighted by Crippen LogP contribution is 2.33. The molecule has 0 aliphatic heterocycles. The van der Waals surface area contributed by atoms with Crippen LogP contribution in [0.1, 0.15) is 23.1 Å². The van der Waals surface area contributed by atoms with Crippen LogP contribution in [0.4, 0.5) is 0 Å². The Morgan fingerprint density at radius 2 is 1.55 bits per heavy atom. The lowest BCUT2D eigenvalue weighted by atomic mass is 9.89. The summed E-state index contributed by atoms with van der Waals surface area (Å²) in [6.07, 6.45) is -0.752. The Hall–Kier alpha value is -0.580. The molecular formula is C15H14BrCl2NO. The summed E-state index contributed by atoms with van der Waals surface area (Å²) in [7, 11) is 0. The molecule has 0 saturated heterocycles. The second-order valence-electron chi connectivity index (χ2n) is 4.54. The molecule has 0 bridgehead atoms. The van der Waals surface area contributed by atoms with Crippen molar-refractivity contribution < 1.29 is 5.11 Å². The zero-order valence-corrected chi connectivity index (χ0v) is 13.7. The standard InChI is InChI=1S/C15H14BrCl2NO/c16-11-3-1-9(2-4-11)14(8-19)15(20)10-5-12(17)7-13(18)6-10/h1-7,14-15,20H,8,19H2. The Morgan fingerprint density at radius 1 is 1.00 bits per heavy atom. The zero-order chi connectivity index (χ0) is 14.7. The van der Waals surface area contributed by atoms with Gasteiger partial charge in [0.15, 0.2) is 0 Å². The lowest BCUT2D eigenvalue weighted by Gasteiger charge is -2.22. The number of nitrogens with two attached hydrogens (primary N) is 1. The minimum atomic E-state index is -0.752. The van der Waals surface area contributed by atoms with Crippen LogP contribution in [0, 0.1) is 0 Å². The van der Waals surface area contributed by atoms with Gasteiger partial charge >= 0.3 is 0 Å². The summed E-state index contributed by atoms with van der Waals surface area (Å²) in [4.78, 5) is 0. The summed E-state index contributed by atoms with van der Waals surface area (Å²) in [6, 6.07) is 12.8. The van der Waals surface area contributed by atoms with E-state index < -0.39 is 6.10 Å². The van der Waals surface area contributed by atoms with E-state index in [0.29, 0.717) is 22.2 Å². The minimum absolute atomic E-state index is 0.211. The van der Waals surface area contributed by atoms with Crippen LogP contribution < -0.4 is 5.73 Å². The molecule has 0 aromatic heterocycles. The third-order valence-corrected chi connectivity index (χ3v) is 4.12.